The number of guanidine groups is 2. The molecule has 1 saturated heterocycles. The number of phenolic OH excluding ortho intramolecular Hbond substituents is 1. The summed E-state index contributed by atoms with van der Waals surface area (Å²) in [7, 11) is 0. The maximum Gasteiger partial charge on any atom is 0.326 e. The van der Waals surface area contributed by atoms with Crippen molar-refractivity contribution in [3.63, 3.8) is 0 Å². The molecule has 0 bridgehead atoms. The van der Waals surface area contributed by atoms with E-state index in [9.17, 15) is 39.0 Å². The van der Waals surface area contributed by atoms with Gasteiger partial charge < -0.3 is 65.0 Å². The Morgan fingerprint density at radius 1 is 0.814 bits per heavy atom. The smallest absolute Gasteiger partial charge is 0.326 e. The Kier molecular flexibility index (Phi) is 20.9. The van der Waals surface area contributed by atoms with Gasteiger partial charge in [0.1, 0.15) is 29.9 Å². The number of nitrogens with one attached hydrogen (secondary N) is 4. The van der Waals surface area contributed by atoms with Gasteiger partial charge in [0.25, 0.3) is 0 Å². The largest absolute Gasteiger partial charge is 0.508 e. The monoisotopic (exact) mass is 831 g/mol. The lowest BCUT2D eigenvalue weighted by Crippen LogP contribution is -2.58. The second kappa shape index (κ2) is 25.0. The van der Waals surface area contributed by atoms with Gasteiger partial charge in [-0.3, -0.25) is 34.0 Å². The summed E-state index contributed by atoms with van der Waals surface area (Å²) in [4.78, 5) is 89.1. The molecule has 20 heteroatoms. The molecular weight excluding hydrogens is 765 g/mol. The summed E-state index contributed by atoms with van der Waals surface area (Å²) in [6.07, 6.45) is 2.48. The number of hydrogen-bond donors (Lipinski definition) is 11. The van der Waals surface area contributed by atoms with Gasteiger partial charge in [-0.05, 0) is 74.0 Å². The molecule has 7 atom stereocenters. The molecule has 2 rings (SSSR count). The van der Waals surface area contributed by atoms with E-state index in [0.717, 1.165) is 0 Å². The van der Waals surface area contributed by atoms with Crippen molar-refractivity contribution >= 4 is 47.4 Å². The second-order valence-corrected chi connectivity index (χ2v) is 15.6. The maximum atomic E-state index is 13.9. The van der Waals surface area contributed by atoms with Crippen LogP contribution in [0, 0.1) is 17.8 Å². The highest BCUT2D eigenvalue weighted by molar-refractivity contribution is 5.94. The molecule has 59 heavy (non-hydrogen) atoms. The number of carbonyl (C=O) groups is 6. The highest BCUT2D eigenvalue weighted by atomic mass is 16.4. The molecule has 1 aliphatic rings. The van der Waals surface area contributed by atoms with E-state index in [1.807, 2.05) is 20.8 Å². The van der Waals surface area contributed by atoms with E-state index < -0.39 is 59.8 Å². The molecule has 330 valence electrons. The Hall–Kier alpha value is -5.66. The molecule has 0 aliphatic carbocycles. The van der Waals surface area contributed by atoms with Crippen LogP contribution in [-0.2, 0) is 35.2 Å². The Balaban J connectivity index is 2.19. The molecule has 0 spiro atoms. The number of carbonyl (C=O) groups excluding carboxylic acids is 5. The van der Waals surface area contributed by atoms with Gasteiger partial charge >= 0.3 is 5.97 Å². The summed E-state index contributed by atoms with van der Waals surface area (Å²) in [5, 5.41) is 30.4. The molecule has 0 saturated carbocycles. The number of benzene rings is 1. The minimum absolute atomic E-state index is 0.0138. The van der Waals surface area contributed by atoms with Crippen LogP contribution in [-0.4, -0.2) is 119 Å². The summed E-state index contributed by atoms with van der Waals surface area (Å²) in [6.45, 7) is 8.32. The van der Waals surface area contributed by atoms with E-state index in [1.165, 1.54) is 12.1 Å². The first-order valence-electron chi connectivity index (χ1n) is 20.2. The van der Waals surface area contributed by atoms with Crippen LogP contribution in [0.25, 0.3) is 0 Å². The number of rotatable bonds is 25. The van der Waals surface area contributed by atoms with Crippen molar-refractivity contribution in [3.05, 3.63) is 29.8 Å². The summed E-state index contributed by atoms with van der Waals surface area (Å²) < 4.78 is 0. The van der Waals surface area contributed by atoms with Gasteiger partial charge in [0.05, 0.1) is 6.04 Å². The zero-order valence-corrected chi connectivity index (χ0v) is 34.7. The first kappa shape index (κ1) is 49.5. The molecule has 20 nitrogen and oxygen atoms in total. The quantitative estimate of drug-likeness (QED) is 0.0311. The fourth-order valence-corrected chi connectivity index (χ4v) is 6.61. The van der Waals surface area contributed by atoms with Crippen LogP contribution < -0.4 is 49.9 Å². The van der Waals surface area contributed by atoms with Crippen LogP contribution in [0.1, 0.15) is 84.6 Å². The molecular formula is C39H66N12O8. The fraction of sp³-hybridized carbons (Fsp3) is 0.641. The molecule has 1 heterocycles. The second-order valence-electron chi connectivity index (χ2n) is 15.6. The number of carboxylic acids is 1. The molecule has 16 N–H and O–H groups in total. The Morgan fingerprint density at radius 3 is 1.97 bits per heavy atom. The number of aliphatic carboxylic acids is 1. The first-order valence-corrected chi connectivity index (χ1v) is 20.2. The first-order chi connectivity index (χ1) is 27.8. The number of carboxylic acid groups (broad SMARTS) is 1. The summed E-state index contributed by atoms with van der Waals surface area (Å²) in [5.41, 5.74) is 28.3. The van der Waals surface area contributed by atoms with Gasteiger partial charge in [-0.15, -0.1) is 0 Å². The summed E-state index contributed by atoms with van der Waals surface area (Å²) in [6, 6.07) is 0.869. The number of amides is 5. The summed E-state index contributed by atoms with van der Waals surface area (Å²) >= 11 is 0. The molecule has 0 radical (unpaired) electrons. The standard InChI is InChI=1S/C39H66N12O8/c1-5-23(4)32(35(56)49-30(37(58)59)18-22(2)3)50-34(55)29(19-24-10-12-26(52)13-11-24)47-31(53)20-25-14-17-51(21-25)36(57)28(9-7-16-46-39(43)44)48-33(54)27(40)8-6-15-45-38(41)42/h10-13,22-23,25,27-30,32,52H,5-9,14-21,40H2,1-4H3,(H,47,53)(H,48,54)(H,49,56)(H,50,55)(H,58,59)(H4,41,42,45)(H4,43,44,46)/t23-,25-,27-,28-,29-,30-,32-/m0/s1. The lowest BCUT2D eigenvalue weighted by Gasteiger charge is -2.28. The highest BCUT2D eigenvalue weighted by Gasteiger charge is 2.35. The van der Waals surface area contributed by atoms with E-state index in [-0.39, 0.29) is 86.5 Å². The van der Waals surface area contributed by atoms with Gasteiger partial charge in [0.2, 0.25) is 29.5 Å². The average molecular weight is 831 g/mol. The van der Waals surface area contributed by atoms with Crippen molar-refractivity contribution in [1.29, 1.82) is 0 Å². The van der Waals surface area contributed by atoms with Gasteiger partial charge in [0.15, 0.2) is 11.9 Å². The zero-order chi connectivity index (χ0) is 44.2. The number of nitrogens with zero attached hydrogens (tertiary/aromatic N) is 3. The minimum Gasteiger partial charge on any atom is -0.508 e. The lowest BCUT2D eigenvalue weighted by atomic mass is 9.96. The highest BCUT2D eigenvalue weighted by Crippen LogP contribution is 2.22. The van der Waals surface area contributed by atoms with Gasteiger partial charge in [-0.25, -0.2) is 4.79 Å². The van der Waals surface area contributed by atoms with E-state index in [1.54, 1.807) is 24.0 Å². The molecule has 5 amide bonds. The number of phenols is 1. The Labute approximate surface area is 345 Å². The summed E-state index contributed by atoms with van der Waals surface area (Å²) in [5.74, 6) is -4.67. The predicted molar refractivity (Wildman–Crippen MR) is 223 cm³/mol. The van der Waals surface area contributed by atoms with E-state index in [0.29, 0.717) is 44.3 Å². The van der Waals surface area contributed by atoms with Crippen LogP contribution in [0.5, 0.6) is 5.75 Å². The molecule has 1 aromatic rings. The van der Waals surface area contributed by atoms with Crippen LogP contribution in [0.4, 0.5) is 0 Å². The van der Waals surface area contributed by atoms with E-state index >= 15 is 0 Å². The minimum atomic E-state index is -1.19. The maximum absolute atomic E-state index is 13.9. The lowest BCUT2D eigenvalue weighted by molar-refractivity contribution is -0.143. The van der Waals surface area contributed by atoms with Crippen molar-refractivity contribution in [1.82, 2.24) is 26.2 Å². The Morgan fingerprint density at radius 2 is 1.41 bits per heavy atom. The molecule has 1 fully saturated rings. The predicted octanol–water partition coefficient (Wildman–Crippen LogP) is -1.28. The van der Waals surface area contributed by atoms with E-state index in [4.69, 9.17) is 28.7 Å². The fourth-order valence-electron chi connectivity index (χ4n) is 6.61. The number of likely N-dealkylation sites (tertiary alicyclic amines) is 1. The molecule has 0 unspecified atom stereocenters. The van der Waals surface area contributed by atoms with Crippen molar-refractivity contribution in [2.24, 2.45) is 56.4 Å². The zero-order valence-electron chi connectivity index (χ0n) is 34.7. The normalized spacial score (nSPS) is 16.7. The van der Waals surface area contributed by atoms with Crippen LogP contribution in [0.3, 0.4) is 0 Å². The van der Waals surface area contributed by atoms with Crippen molar-refractivity contribution < 1.29 is 39.0 Å². The van der Waals surface area contributed by atoms with Crippen molar-refractivity contribution in [2.45, 2.75) is 116 Å². The third-order valence-electron chi connectivity index (χ3n) is 10.1. The topological polar surface area (TPSA) is 349 Å². The van der Waals surface area contributed by atoms with Gasteiger partial charge in [0, 0.05) is 39.0 Å². The Bertz CT molecular complexity index is 1610. The van der Waals surface area contributed by atoms with E-state index in [2.05, 4.69) is 31.3 Å². The number of aromatic hydroxyl groups is 1. The SMILES string of the molecule is CC[C@H](C)[C@H](NC(=O)[C@H](Cc1ccc(O)cc1)NC(=O)C[C@@H]1CCN(C(=O)[C@H](CCCN=C(N)N)NC(=O)[C@@H](N)CCCN=C(N)N)C1)C(=O)N[C@@H](CC(C)C)C(=O)O. The van der Waals surface area contributed by atoms with Gasteiger partial charge in [-0.1, -0.05) is 46.2 Å². The third kappa shape index (κ3) is 18.2. The van der Waals surface area contributed by atoms with Crippen molar-refractivity contribution in [3.8, 4) is 5.75 Å². The molecule has 1 aromatic carbocycles. The van der Waals surface area contributed by atoms with Gasteiger partial charge in [-0.2, -0.15) is 0 Å². The molecule has 1 aliphatic heterocycles. The number of hydrogen-bond acceptors (Lipinski definition) is 10. The van der Waals surface area contributed by atoms with Crippen LogP contribution in [0.15, 0.2) is 34.3 Å². The molecule has 0 aromatic heterocycles. The van der Waals surface area contributed by atoms with Crippen LogP contribution in [0.2, 0.25) is 0 Å². The van der Waals surface area contributed by atoms with Crippen molar-refractivity contribution in [2.75, 3.05) is 26.2 Å². The number of aliphatic imine (C=N–C) groups is 2. The average Bonchev–Trinajstić information content (AvgIpc) is 3.63. The number of nitrogens with two attached hydrogens (primary N) is 5. The third-order valence-corrected chi connectivity index (χ3v) is 10.1. The van der Waals surface area contributed by atoms with Crippen LogP contribution >= 0.6 is 0 Å².